The average molecular weight is 230 g/mol. The number of carboxylic acid groups (broad SMARTS) is 2. The van der Waals surface area contributed by atoms with E-state index in [0.717, 1.165) is 12.2 Å². The lowest BCUT2D eigenvalue weighted by Gasteiger charge is -2.12. The van der Waals surface area contributed by atoms with Crippen molar-refractivity contribution < 1.29 is 34.1 Å². The smallest absolute Gasteiger partial charge is 0.478 e. The highest BCUT2D eigenvalue weighted by Gasteiger charge is 2.24. The van der Waals surface area contributed by atoms with E-state index in [1.54, 1.807) is 0 Å². The van der Waals surface area contributed by atoms with Crippen molar-refractivity contribution in [2.24, 2.45) is 0 Å². The molecule has 2 N–H and O–H groups in total. The zero-order valence-corrected chi connectivity index (χ0v) is 8.16. The highest BCUT2D eigenvalue weighted by atomic mass is 16.7. The molecule has 16 heavy (non-hydrogen) atoms. The Bertz CT molecular complexity index is 290. The lowest BCUT2D eigenvalue weighted by Crippen LogP contribution is -2.30. The molecule has 7 nitrogen and oxygen atoms in total. The molecular weight excluding hydrogens is 220 g/mol. The van der Waals surface area contributed by atoms with Gasteiger partial charge in [0.2, 0.25) is 12.2 Å². The third kappa shape index (κ3) is 4.27. The number of carbonyl (C=O) groups excluding carboxylic acids is 1. The minimum absolute atomic E-state index is 0.854. The zero-order valence-electron chi connectivity index (χ0n) is 8.16. The Balaban J connectivity index is 4.36. The monoisotopic (exact) mass is 230 g/mol. The highest BCUT2D eigenvalue weighted by molar-refractivity contribution is 5.80. The van der Waals surface area contributed by atoms with E-state index in [0.29, 0.717) is 0 Å². The summed E-state index contributed by atoms with van der Waals surface area (Å²) in [5.74, 6) is -2.89. The minimum atomic E-state index is -1.59. The van der Waals surface area contributed by atoms with E-state index in [4.69, 9.17) is 10.2 Å². The molecule has 0 radical (unpaired) electrons. The maximum absolute atomic E-state index is 10.9. The van der Waals surface area contributed by atoms with Gasteiger partial charge in [0.05, 0.1) is 0 Å². The van der Waals surface area contributed by atoms with Gasteiger partial charge in [0.1, 0.15) is 0 Å². The van der Waals surface area contributed by atoms with Gasteiger partial charge in [-0.2, -0.15) is 0 Å². The maximum atomic E-state index is 10.9. The topological polar surface area (TPSA) is 110 Å². The number of rotatable bonds is 6. The third-order valence-corrected chi connectivity index (χ3v) is 1.36. The van der Waals surface area contributed by atoms with Gasteiger partial charge >= 0.3 is 18.1 Å². The Labute approximate surface area is 90.6 Å². The Hall–Kier alpha value is -2.31. The molecule has 88 valence electrons. The van der Waals surface area contributed by atoms with Gasteiger partial charge in [0.15, 0.2) is 0 Å². The molecule has 0 spiro atoms. The standard InChI is InChI=1S/C9H10O7/c1-3-5(7(10)11)15-9(14)16-6(4-2)8(12)13/h3-6H,1-2H2,(H,10,11)(H,12,13). The predicted octanol–water partition coefficient (Wildman–Crippen LogP) is 0.418. The number of carboxylic acids is 2. The summed E-state index contributed by atoms with van der Waals surface area (Å²) < 4.78 is 8.51. The summed E-state index contributed by atoms with van der Waals surface area (Å²) in [7, 11) is 0. The second kappa shape index (κ2) is 6.23. The SMILES string of the molecule is C=CC(OC(=O)OC(C=C)C(=O)O)C(=O)O. The van der Waals surface area contributed by atoms with Crippen LogP contribution in [0.3, 0.4) is 0 Å². The second-order valence-electron chi connectivity index (χ2n) is 2.47. The van der Waals surface area contributed by atoms with Crippen LogP contribution in [0.15, 0.2) is 25.3 Å². The van der Waals surface area contributed by atoms with Crippen LogP contribution < -0.4 is 0 Å². The van der Waals surface area contributed by atoms with Gasteiger partial charge in [-0.05, 0) is 12.2 Å². The van der Waals surface area contributed by atoms with Gasteiger partial charge in [-0.3, -0.25) is 0 Å². The molecule has 0 aliphatic heterocycles. The van der Waals surface area contributed by atoms with Gasteiger partial charge in [0, 0.05) is 0 Å². The van der Waals surface area contributed by atoms with Crippen molar-refractivity contribution in [3.05, 3.63) is 25.3 Å². The predicted molar refractivity (Wildman–Crippen MR) is 50.8 cm³/mol. The summed E-state index contributed by atoms with van der Waals surface area (Å²) in [6.45, 7) is 6.24. The largest absolute Gasteiger partial charge is 0.510 e. The normalized spacial score (nSPS) is 13.0. The molecule has 0 aromatic rings. The van der Waals surface area contributed by atoms with Gasteiger partial charge < -0.3 is 19.7 Å². The maximum Gasteiger partial charge on any atom is 0.510 e. The second-order valence-corrected chi connectivity index (χ2v) is 2.47. The van der Waals surface area contributed by atoms with Crippen LogP contribution in [0.25, 0.3) is 0 Å². The Morgan fingerprint density at radius 2 is 1.25 bits per heavy atom. The fraction of sp³-hybridized carbons (Fsp3) is 0.222. The van der Waals surface area contributed by atoms with E-state index >= 15 is 0 Å². The van der Waals surface area contributed by atoms with Crippen LogP contribution in [-0.4, -0.2) is 40.5 Å². The van der Waals surface area contributed by atoms with E-state index in [1.165, 1.54) is 0 Å². The lowest BCUT2D eigenvalue weighted by atomic mass is 10.3. The number of hydrogen-bond donors (Lipinski definition) is 2. The molecule has 2 atom stereocenters. The third-order valence-electron chi connectivity index (χ3n) is 1.36. The number of ether oxygens (including phenoxy) is 2. The van der Waals surface area contributed by atoms with Crippen molar-refractivity contribution in [2.45, 2.75) is 12.2 Å². The van der Waals surface area contributed by atoms with Gasteiger partial charge in [-0.1, -0.05) is 13.2 Å². The van der Waals surface area contributed by atoms with E-state index in [9.17, 15) is 14.4 Å². The van der Waals surface area contributed by atoms with E-state index in [2.05, 4.69) is 22.6 Å². The van der Waals surface area contributed by atoms with Crippen molar-refractivity contribution in [3.8, 4) is 0 Å². The molecule has 0 saturated heterocycles. The zero-order chi connectivity index (χ0) is 12.7. The summed E-state index contributed by atoms with van der Waals surface area (Å²) in [6, 6.07) is 0. The number of carbonyl (C=O) groups is 3. The Morgan fingerprint density at radius 3 is 1.44 bits per heavy atom. The van der Waals surface area contributed by atoms with Crippen molar-refractivity contribution in [2.75, 3.05) is 0 Å². The van der Waals surface area contributed by atoms with Crippen LogP contribution in [0.5, 0.6) is 0 Å². The summed E-state index contributed by atoms with van der Waals surface area (Å²) in [5, 5.41) is 17.0. The van der Waals surface area contributed by atoms with Crippen LogP contribution in [0.2, 0.25) is 0 Å². The number of hydrogen-bond acceptors (Lipinski definition) is 5. The van der Waals surface area contributed by atoms with Crippen LogP contribution in [0.1, 0.15) is 0 Å². The molecule has 0 aliphatic carbocycles. The first-order chi connectivity index (χ1) is 7.42. The van der Waals surface area contributed by atoms with Crippen LogP contribution in [0.4, 0.5) is 4.79 Å². The molecule has 0 fully saturated rings. The van der Waals surface area contributed by atoms with Crippen molar-refractivity contribution in [1.82, 2.24) is 0 Å². The molecule has 0 aromatic heterocycles. The molecule has 7 heteroatoms. The first kappa shape index (κ1) is 13.7. The lowest BCUT2D eigenvalue weighted by molar-refractivity contribution is -0.148. The Morgan fingerprint density at radius 1 is 0.938 bits per heavy atom. The van der Waals surface area contributed by atoms with Crippen molar-refractivity contribution in [3.63, 3.8) is 0 Å². The average Bonchev–Trinajstić information content (AvgIpc) is 2.21. The summed E-state index contributed by atoms with van der Waals surface area (Å²) in [5.41, 5.74) is 0. The summed E-state index contributed by atoms with van der Waals surface area (Å²) in [4.78, 5) is 31.8. The summed E-state index contributed by atoms with van der Waals surface area (Å²) in [6.07, 6.45) is -2.90. The van der Waals surface area contributed by atoms with Crippen LogP contribution in [0, 0.1) is 0 Å². The molecule has 0 amide bonds. The fourth-order valence-electron chi connectivity index (χ4n) is 0.634. The first-order valence-electron chi connectivity index (χ1n) is 4.00. The van der Waals surface area contributed by atoms with E-state index in [1.807, 2.05) is 0 Å². The number of aliphatic carboxylic acids is 2. The van der Waals surface area contributed by atoms with E-state index < -0.39 is 30.3 Å². The molecule has 2 unspecified atom stereocenters. The summed E-state index contributed by atoms with van der Waals surface area (Å²) >= 11 is 0. The molecule has 0 rings (SSSR count). The van der Waals surface area contributed by atoms with Gasteiger partial charge in [-0.15, -0.1) is 0 Å². The molecule has 0 aromatic carbocycles. The van der Waals surface area contributed by atoms with Gasteiger partial charge in [0.25, 0.3) is 0 Å². The van der Waals surface area contributed by atoms with E-state index in [-0.39, 0.29) is 0 Å². The molecule has 0 saturated carbocycles. The molecule has 0 aliphatic rings. The van der Waals surface area contributed by atoms with Gasteiger partial charge in [-0.25, -0.2) is 14.4 Å². The quantitative estimate of drug-likeness (QED) is 0.502. The molecule has 0 bridgehead atoms. The molecule has 0 heterocycles. The molecular formula is C9H10O7. The highest BCUT2D eigenvalue weighted by Crippen LogP contribution is 2.01. The van der Waals surface area contributed by atoms with Crippen LogP contribution >= 0.6 is 0 Å². The Kier molecular flexibility index (Phi) is 5.33. The fourth-order valence-corrected chi connectivity index (χ4v) is 0.634. The van der Waals surface area contributed by atoms with Crippen molar-refractivity contribution >= 4 is 18.1 Å². The van der Waals surface area contributed by atoms with Crippen molar-refractivity contribution in [1.29, 1.82) is 0 Å². The minimum Gasteiger partial charge on any atom is -0.478 e. The first-order valence-corrected chi connectivity index (χ1v) is 4.00. The van der Waals surface area contributed by atoms with Crippen LogP contribution in [-0.2, 0) is 19.1 Å².